The van der Waals surface area contributed by atoms with Crippen LogP contribution in [0.3, 0.4) is 0 Å². The smallest absolute Gasteiger partial charge is 0.296 e. The molecular weight excluding hydrogens is 278 g/mol. The van der Waals surface area contributed by atoms with Gasteiger partial charge < -0.3 is 10.1 Å². The molecular formula is C15H12ClNO3. The minimum Gasteiger partial charge on any atom is -0.497 e. The minimum absolute atomic E-state index is 0.253. The number of hydrogen-bond acceptors (Lipinski definition) is 3. The maximum absolute atomic E-state index is 11.9. The van der Waals surface area contributed by atoms with Crippen molar-refractivity contribution >= 4 is 29.0 Å². The van der Waals surface area contributed by atoms with Crippen molar-refractivity contribution in [3.8, 4) is 5.75 Å². The number of amides is 1. The Bertz CT molecular complexity index is 638. The summed E-state index contributed by atoms with van der Waals surface area (Å²) in [6, 6.07) is 13.0. The van der Waals surface area contributed by atoms with Crippen LogP contribution in [0.15, 0.2) is 48.5 Å². The summed E-state index contributed by atoms with van der Waals surface area (Å²) in [5.74, 6) is -0.676. The van der Waals surface area contributed by atoms with Gasteiger partial charge in [-0.3, -0.25) is 9.59 Å². The van der Waals surface area contributed by atoms with Crippen LogP contribution < -0.4 is 10.1 Å². The van der Waals surface area contributed by atoms with Gasteiger partial charge in [-0.2, -0.15) is 0 Å². The van der Waals surface area contributed by atoms with Gasteiger partial charge in [-0.1, -0.05) is 23.7 Å². The van der Waals surface area contributed by atoms with E-state index in [2.05, 4.69) is 5.32 Å². The first-order valence-corrected chi connectivity index (χ1v) is 6.23. The lowest BCUT2D eigenvalue weighted by Gasteiger charge is -2.06. The molecule has 0 saturated carbocycles. The second kappa shape index (κ2) is 6.21. The van der Waals surface area contributed by atoms with Crippen LogP contribution >= 0.6 is 11.6 Å². The zero-order valence-corrected chi connectivity index (χ0v) is 11.5. The Kier molecular flexibility index (Phi) is 4.38. The zero-order valence-electron chi connectivity index (χ0n) is 10.7. The highest BCUT2D eigenvalue weighted by Gasteiger charge is 2.16. The summed E-state index contributed by atoms with van der Waals surface area (Å²) in [6.07, 6.45) is 0. The summed E-state index contributed by atoms with van der Waals surface area (Å²) in [5, 5.41) is 2.93. The Morgan fingerprint density at radius 1 is 1.10 bits per heavy atom. The quantitative estimate of drug-likeness (QED) is 0.695. The predicted octanol–water partition coefficient (Wildman–Crippen LogP) is 3.17. The second-order valence-electron chi connectivity index (χ2n) is 4.02. The van der Waals surface area contributed by atoms with Crippen molar-refractivity contribution in [3.05, 3.63) is 59.1 Å². The van der Waals surface area contributed by atoms with Crippen LogP contribution in [-0.2, 0) is 4.79 Å². The highest BCUT2D eigenvalue weighted by Crippen LogP contribution is 2.16. The van der Waals surface area contributed by atoms with Crippen molar-refractivity contribution in [1.29, 1.82) is 0 Å². The number of carbonyl (C=O) groups is 2. The Morgan fingerprint density at radius 2 is 1.80 bits per heavy atom. The SMILES string of the molecule is COc1ccc(NC(=O)C(=O)c2cccc(Cl)c2)cc1. The number of halogens is 1. The number of ether oxygens (including phenoxy) is 1. The Hall–Kier alpha value is -2.33. The maximum atomic E-state index is 11.9. The summed E-state index contributed by atoms with van der Waals surface area (Å²) < 4.78 is 5.01. The minimum atomic E-state index is -0.711. The Labute approximate surface area is 121 Å². The standard InChI is InChI=1S/C15H12ClNO3/c1-20-13-7-5-12(6-8-13)17-15(19)14(18)10-3-2-4-11(16)9-10/h2-9H,1H3,(H,17,19). The first-order valence-electron chi connectivity index (χ1n) is 5.85. The molecule has 102 valence electrons. The predicted molar refractivity (Wildman–Crippen MR) is 77.4 cm³/mol. The van der Waals surface area contributed by atoms with E-state index in [0.29, 0.717) is 16.5 Å². The molecule has 4 nitrogen and oxygen atoms in total. The van der Waals surface area contributed by atoms with Gasteiger partial charge in [0.15, 0.2) is 0 Å². The first-order chi connectivity index (χ1) is 9.60. The van der Waals surface area contributed by atoms with Crippen LogP contribution in [0.5, 0.6) is 5.75 Å². The average molecular weight is 290 g/mol. The molecule has 2 aromatic carbocycles. The molecule has 5 heteroatoms. The highest BCUT2D eigenvalue weighted by atomic mass is 35.5. The topological polar surface area (TPSA) is 55.4 Å². The molecule has 0 heterocycles. The van der Waals surface area contributed by atoms with E-state index in [1.54, 1.807) is 49.6 Å². The molecule has 1 amide bonds. The molecule has 0 spiro atoms. The van der Waals surface area contributed by atoms with E-state index < -0.39 is 11.7 Å². The number of anilines is 1. The molecule has 0 aromatic heterocycles. The van der Waals surface area contributed by atoms with Crippen molar-refractivity contribution in [2.45, 2.75) is 0 Å². The third-order valence-corrected chi connectivity index (χ3v) is 2.88. The van der Waals surface area contributed by atoms with Gasteiger partial charge in [0, 0.05) is 16.3 Å². The van der Waals surface area contributed by atoms with Gasteiger partial charge in [0.05, 0.1) is 7.11 Å². The first kappa shape index (κ1) is 14.1. The van der Waals surface area contributed by atoms with E-state index in [4.69, 9.17) is 16.3 Å². The lowest BCUT2D eigenvalue weighted by atomic mass is 10.1. The summed E-state index contributed by atoms with van der Waals surface area (Å²) in [7, 11) is 1.55. The molecule has 2 aromatic rings. The van der Waals surface area contributed by atoms with Crippen LogP contribution in [0.25, 0.3) is 0 Å². The number of methoxy groups -OCH3 is 1. The molecule has 0 bridgehead atoms. The van der Waals surface area contributed by atoms with Gasteiger partial charge in [0.25, 0.3) is 11.7 Å². The third-order valence-electron chi connectivity index (χ3n) is 2.64. The number of rotatable bonds is 4. The van der Waals surface area contributed by atoms with Crippen molar-refractivity contribution < 1.29 is 14.3 Å². The monoisotopic (exact) mass is 289 g/mol. The van der Waals surface area contributed by atoms with Crippen molar-refractivity contribution in [2.75, 3.05) is 12.4 Å². The van der Waals surface area contributed by atoms with Crippen molar-refractivity contribution in [3.63, 3.8) is 0 Å². The molecule has 0 aliphatic heterocycles. The molecule has 20 heavy (non-hydrogen) atoms. The molecule has 0 unspecified atom stereocenters. The summed E-state index contributed by atoms with van der Waals surface area (Å²) in [4.78, 5) is 23.8. The fraction of sp³-hybridized carbons (Fsp3) is 0.0667. The van der Waals surface area contributed by atoms with E-state index in [0.717, 1.165) is 0 Å². The molecule has 0 aliphatic carbocycles. The van der Waals surface area contributed by atoms with E-state index in [1.807, 2.05) is 0 Å². The van der Waals surface area contributed by atoms with E-state index in [-0.39, 0.29) is 5.56 Å². The highest BCUT2D eigenvalue weighted by molar-refractivity contribution is 6.46. The number of ketones is 1. The fourth-order valence-corrected chi connectivity index (χ4v) is 1.81. The second-order valence-corrected chi connectivity index (χ2v) is 4.46. The van der Waals surface area contributed by atoms with Gasteiger partial charge in [-0.05, 0) is 36.4 Å². The Balaban J connectivity index is 2.09. The molecule has 0 atom stereocenters. The van der Waals surface area contributed by atoms with E-state index in [1.165, 1.54) is 6.07 Å². The van der Waals surface area contributed by atoms with Gasteiger partial charge >= 0.3 is 0 Å². The molecule has 0 radical (unpaired) electrons. The van der Waals surface area contributed by atoms with Gasteiger partial charge in [-0.15, -0.1) is 0 Å². The third kappa shape index (κ3) is 3.36. The van der Waals surface area contributed by atoms with E-state index >= 15 is 0 Å². The lowest BCUT2D eigenvalue weighted by molar-refractivity contribution is -0.112. The fourth-order valence-electron chi connectivity index (χ4n) is 1.62. The molecule has 0 saturated heterocycles. The van der Waals surface area contributed by atoms with Gasteiger partial charge in [0.1, 0.15) is 5.75 Å². The van der Waals surface area contributed by atoms with Crippen LogP contribution in [0, 0.1) is 0 Å². The van der Waals surface area contributed by atoms with Crippen LogP contribution in [0.4, 0.5) is 5.69 Å². The number of Topliss-reactive ketones (excluding diaryl/α,β-unsaturated/α-hetero) is 1. The molecule has 0 fully saturated rings. The molecule has 0 aliphatic rings. The summed E-state index contributed by atoms with van der Waals surface area (Å²) in [6.45, 7) is 0. The van der Waals surface area contributed by atoms with Crippen LogP contribution in [0.2, 0.25) is 5.02 Å². The van der Waals surface area contributed by atoms with Crippen molar-refractivity contribution in [2.24, 2.45) is 0 Å². The summed E-state index contributed by atoms with van der Waals surface area (Å²) in [5.41, 5.74) is 0.773. The number of nitrogens with one attached hydrogen (secondary N) is 1. The summed E-state index contributed by atoms with van der Waals surface area (Å²) >= 11 is 5.79. The van der Waals surface area contributed by atoms with E-state index in [9.17, 15) is 9.59 Å². The molecule has 2 rings (SSSR count). The van der Waals surface area contributed by atoms with Crippen LogP contribution in [0.1, 0.15) is 10.4 Å². The average Bonchev–Trinajstić information content (AvgIpc) is 2.47. The normalized spacial score (nSPS) is 9.90. The number of carbonyl (C=O) groups excluding carboxylic acids is 2. The largest absolute Gasteiger partial charge is 0.497 e. The zero-order chi connectivity index (χ0) is 14.5. The van der Waals surface area contributed by atoms with Crippen molar-refractivity contribution in [1.82, 2.24) is 0 Å². The maximum Gasteiger partial charge on any atom is 0.296 e. The Morgan fingerprint density at radius 3 is 2.40 bits per heavy atom. The lowest BCUT2D eigenvalue weighted by Crippen LogP contribution is -2.22. The molecule has 1 N–H and O–H groups in total. The van der Waals surface area contributed by atoms with Gasteiger partial charge in [-0.25, -0.2) is 0 Å². The van der Waals surface area contributed by atoms with Gasteiger partial charge in [0.2, 0.25) is 0 Å². The number of hydrogen-bond donors (Lipinski definition) is 1. The van der Waals surface area contributed by atoms with Crippen LogP contribution in [-0.4, -0.2) is 18.8 Å². The number of benzene rings is 2.